The number of nitrogens with one attached hydrogen (secondary N) is 2. The average molecular weight is 539 g/mol. The molecule has 1 fully saturated rings. The Morgan fingerprint density at radius 1 is 0.971 bits per heavy atom. The molecule has 176 valence electrons. The maximum absolute atomic E-state index is 12.5. The fourth-order valence-corrected chi connectivity index (χ4v) is 4.70. The predicted molar refractivity (Wildman–Crippen MR) is 143 cm³/mol. The molecular formula is C27H27BrN2O3S. The summed E-state index contributed by atoms with van der Waals surface area (Å²) in [6.07, 6.45) is 2.88. The van der Waals surface area contributed by atoms with E-state index in [1.807, 2.05) is 67.6 Å². The lowest BCUT2D eigenvalue weighted by Crippen LogP contribution is -2.30. The molecule has 7 heteroatoms. The molecule has 1 heterocycles. The normalized spacial score (nSPS) is 16.4. The first-order valence-electron chi connectivity index (χ1n) is 11.2. The third-order valence-electron chi connectivity index (χ3n) is 5.26. The molecular weight excluding hydrogens is 512 g/mol. The molecule has 0 bridgehead atoms. The molecule has 0 spiro atoms. The first-order valence-corrected chi connectivity index (χ1v) is 12.9. The van der Waals surface area contributed by atoms with E-state index in [9.17, 15) is 4.79 Å². The Bertz CT molecular complexity index is 1160. The SMILES string of the molecule is CCOc1cc(/C=C2\S[C@H](Nc3ccc(CC)cc3)NC2=O)ccc1OCc1ccc(Br)cc1. The van der Waals surface area contributed by atoms with Crippen molar-refractivity contribution in [2.45, 2.75) is 32.4 Å². The van der Waals surface area contributed by atoms with Gasteiger partial charge in [-0.2, -0.15) is 0 Å². The van der Waals surface area contributed by atoms with Crippen LogP contribution in [0.15, 0.2) is 76.1 Å². The van der Waals surface area contributed by atoms with Gasteiger partial charge in [-0.1, -0.05) is 64.9 Å². The quantitative estimate of drug-likeness (QED) is 0.301. The van der Waals surface area contributed by atoms with Crippen LogP contribution in [-0.4, -0.2) is 18.0 Å². The van der Waals surface area contributed by atoms with Gasteiger partial charge in [0.15, 0.2) is 17.0 Å². The highest BCUT2D eigenvalue weighted by atomic mass is 79.9. The van der Waals surface area contributed by atoms with E-state index in [-0.39, 0.29) is 11.4 Å². The van der Waals surface area contributed by atoms with E-state index in [1.54, 1.807) is 0 Å². The molecule has 1 saturated heterocycles. The summed E-state index contributed by atoms with van der Waals surface area (Å²) in [5.74, 6) is 1.23. The highest BCUT2D eigenvalue weighted by Crippen LogP contribution is 2.34. The number of rotatable bonds is 9. The molecule has 1 aliphatic rings. The standard InChI is InChI=1S/C27H27BrN2O3S/c1-3-18-7-12-22(13-8-18)29-27-30-26(31)25(34-27)16-20-9-14-23(24(15-20)32-4-2)33-17-19-5-10-21(28)11-6-19/h5-16,27,29H,3-4,17H2,1-2H3,(H,30,31)/b25-16-/t27-/m1/s1. The number of carbonyl (C=O) groups is 1. The molecule has 0 unspecified atom stereocenters. The Morgan fingerprint density at radius 2 is 1.71 bits per heavy atom. The van der Waals surface area contributed by atoms with Crippen molar-refractivity contribution in [1.29, 1.82) is 0 Å². The summed E-state index contributed by atoms with van der Waals surface area (Å²) < 4.78 is 12.9. The number of ether oxygens (including phenoxy) is 2. The lowest BCUT2D eigenvalue weighted by atomic mass is 10.1. The van der Waals surface area contributed by atoms with Crippen LogP contribution < -0.4 is 20.1 Å². The molecule has 0 aliphatic carbocycles. The van der Waals surface area contributed by atoms with Crippen LogP contribution in [-0.2, 0) is 17.8 Å². The first kappa shape index (κ1) is 24.2. The highest BCUT2D eigenvalue weighted by Gasteiger charge is 2.27. The monoisotopic (exact) mass is 538 g/mol. The molecule has 1 aliphatic heterocycles. The summed E-state index contributed by atoms with van der Waals surface area (Å²) in [7, 11) is 0. The maximum Gasteiger partial charge on any atom is 0.260 e. The van der Waals surface area contributed by atoms with Crippen molar-refractivity contribution in [3.8, 4) is 11.5 Å². The number of carbonyl (C=O) groups excluding carboxylic acids is 1. The molecule has 1 atom stereocenters. The van der Waals surface area contributed by atoms with Gasteiger partial charge < -0.3 is 20.1 Å². The van der Waals surface area contributed by atoms with Crippen LogP contribution in [0.4, 0.5) is 5.69 Å². The summed E-state index contributed by atoms with van der Waals surface area (Å²) >= 11 is 4.91. The third kappa shape index (κ3) is 6.36. The Hall–Kier alpha value is -2.90. The van der Waals surface area contributed by atoms with Crippen LogP contribution >= 0.6 is 27.7 Å². The molecule has 0 aromatic heterocycles. The van der Waals surface area contributed by atoms with E-state index in [4.69, 9.17) is 9.47 Å². The van der Waals surface area contributed by atoms with Crippen LogP contribution in [0.2, 0.25) is 0 Å². The minimum Gasteiger partial charge on any atom is -0.490 e. The second kappa shape index (κ2) is 11.5. The number of halogens is 1. The molecule has 0 saturated carbocycles. The minimum atomic E-state index is -0.217. The van der Waals surface area contributed by atoms with Crippen LogP contribution in [0.25, 0.3) is 6.08 Å². The molecule has 34 heavy (non-hydrogen) atoms. The number of thioether (sulfide) groups is 1. The van der Waals surface area contributed by atoms with E-state index < -0.39 is 0 Å². The summed E-state index contributed by atoms with van der Waals surface area (Å²) in [4.78, 5) is 13.2. The number of hydrogen-bond donors (Lipinski definition) is 2. The maximum atomic E-state index is 12.5. The van der Waals surface area contributed by atoms with Gasteiger partial charge >= 0.3 is 0 Å². The number of aryl methyl sites for hydroxylation is 1. The molecule has 3 aromatic carbocycles. The predicted octanol–water partition coefficient (Wildman–Crippen LogP) is 6.59. The third-order valence-corrected chi connectivity index (χ3v) is 6.82. The first-order chi connectivity index (χ1) is 16.5. The van der Waals surface area contributed by atoms with Crippen molar-refractivity contribution in [2.75, 3.05) is 11.9 Å². The molecule has 2 N–H and O–H groups in total. The summed E-state index contributed by atoms with van der Waals surface area (Å²) in [5.41, 5.74) is 3.99. The zero-order chi connectivity index (χ0) is 23.9. The fourth-order valence-electron chi connectivity index (χ4n) is 3.45. The zero-order valence-electron chi connectivity index (χ0n) is 19.1. The minimum absolute atomic E-state index is 0.0961. The molecule has 5 nitrogen and oxygen atoms in total. The highest BCUT2D eigenvalue weighted by molar-refractivity contribution is 9.10. The van der Waals surface area contributed by atoms with Crippen molar-refractivity contribution in [1.82, 2.24) is 5.32 Å². The molecule has 3 aromatic rings. The van der Waals surface area contributed by atoms with Gasteiger partial charge in [-0.15, -0.1) is 0 Å². The van der Waals surface area contributed by atoms with Crippen LogP contribution in [0, 0.1) is 0 Å². The van der Waals surface area contributed by atoms with Crippen molar-refractivity contribution < 1.29 is 14.3 Å². The van der Waals surface area contributed by atoms with Gasteiger partial charge in [0.25, 0.3) is 5.91 Å². The van der Waals surface area contributed by atoms with Crippen LogP contribution in [0.5, 0.6) is 11.5 Å². The summed E-state index contributed by atoms with van der Waals surface area (Å²) in [6.45, 7) is 5.03. The molecule has 4 rings (SSSR count). The van der Waals surface area contributed by atoms with E-state index in [2.05, 4.69) is 45.6 Å². The topological polar surface area (TPSA) is 59.6 Å². The smallest absolute Gasteiger partial charge is 0.260 e. The van der Waals surface area contributed by atoms with Gasteiger partial charge in [-0.05, 0) is 72.5 Å². The van der Waals surface area contributed by atoms with Gasteiger partial charge in [-0.3, -0.25) is 4.79 Å². The van der Waals surface area contributed by atoms with Crippen molar-refractivity contribution in [3.05, 3.63) is 92.8 Å². The lowest BCUT2D eigenvalue weighted by Gasteiger charge is -2.13. The van der Waals surface area contributed by atoms with E-state index in [0.717, 1.165) is 27.7 Å². The zero-order valence-corrected chi connectivity index (χ0v) is 21.5. The Labute approximate surface area is 213 Å². The lowest BCUT2D eigenvalue weighted by molar-refractivity contribution is -0.116. The molecule has 0 radical (unpaired) electrons. The Morgan fingerprint density at radius 3 is 2.41 bits per heavy atom. The second-order valence-electron chi connectivity index (χ2n) is 7.73. The number of amides is 1. The van der Waals surface area contributed by atoms with Gasteiger partial charge in [0.1, 0.15) is 6.61 Å². The van der Waals surface area contributed by atoms with Crippen LogP contribution in [0.1, 0.15) is 30.5 Å². The molecule has 1 amide bonds. The summed E-state index contributed by atoms with van der Waals surface area (Å²) in [5, 5.41) is 6.34. The fraction of sp³-hybridized carbons (Fsp3) is 0.222. The largest absolute Gasteiger partial charge is 0.490 e. The average Bonchev–Trinajstić information content (AvgIpc) is 3.18. The van der Waals surface area contributed by atoms with E-state index >= 15 is 0 Å². The van der Waals surface area contributed by atoms with E-state index in [0.29, 0.717) is 29.6 Å². The van der Waals surface area contributed by atoms with Gasteiger partial charge in [0.2, 0.25) is 0 Å². The van der Waals surface area contributed by atoms with Crippen molar-refractivity contribution >= 4 is 45.4 Å². The van der Waals surface area contributed by atoms with E-state index in [1.165, 1.54) is 17.3 Å². The number of anilines is 1. The van der Waals surface area contributed by atoms with Gasteiger partial charge in [-0.25, -0.2) is 0 Å². The van der Waals surface area contributed by atoms with Crippen molar-refractivity contribution in [3.63, 3.8) is 0 Å². The number of benzene rings is 3. The second-order valence-corrected chi connectivity index (χ2v) is 9.79. The van der Waals surface area contributed by atoms with Crippen molar-refractivity contribution in [2.24, 2.45) is 0 Å². The van der Waals surface area contributed by atoms with Crippen LogP contribution in [0.3, 0.4) is 0 Å². The van der Waals surface area contributed by atoms with Gasteiger partial charge in [0.05, 0.1) is 11.5 Å². The number of hydrogen-bond acceptors (Lipinski definition) is 5. The van der Waals surface area contributed by atoms with Gasteiger partial charge in [0, 0.05) is 10.2 Å². The Balaban J connectivity index is 1.44. The summed E-state index contributed by atoms with van der Waals surface area (Å²) in [6, 6.07) is 22.0. The Kier molecular flexibility index (Phi) is 8.19.